The summed E-state index contributed by atoms with van der Waals surface area (Å²) >= 11 is 5.70. The topological polar surface area (TPSA) is 12.0 Å². The molecule has 0 aromatic heterocycles. The van der Waals surface area contributed by atoms with Gasteiger partial charge in [-0.05, 0) is 36.9 Å². The summed E-state index contributed by atoms with van der Waals surface area (Å²) in [6.07, 6.45) is -4.39. The average Bonchev–Trinajstić information content (AvgIpc) is 2.41. The highest BCUT2D eigenvalue weighted by Gasteiger charge is 2.30. The largest absolute Gasteiger partial charge is 0.416 e. The number of halogens is 5. The van der Waals surface area contributed by atoms with E-state index in [0.717, 1.165) is 12.1 Å². The fourth-order valence-electron chi connectivity index (χ4n) is 2.10. The molecule has 2 aromatic carbocycles. The molecular formula is C15H12ClF4N. The Labute approximate surface area is 124 Å². The quantitative estimate of drug-likeness (QED) is 0.801. The highest BCUT2D eigenvalue weighted by molar-refractivity contribution is 6.30. The third-order valence-electron chi connectivity index (χ3n) is 3.13. The fourth-order valence-corrected chi connectivity index (χ4v) is 2.26. The van der Waals surface area contributed by atoms with Gasteiger partial charge in [-0.1, -0.05) is 29.8 Å². The van der Waals surface area contributed by atoms with Gasteiger partial charge in [0.1, 0.15) is 5.82 Å². The first-order valence-corrected chi connectivity index (χ1v) is 6.50. The van der Waals surface area contributed by atoms with Gasteiger partial charge < -0.3 is 5.32 Å². The van der Waals surface area contributed by atoms with Crippen LogP contribution in [0.3, 0.4) is 0 Å². The van der Waals surface area contributed by atoms with Crippen LogP contribution in [0.15, 0.2) is 42.5 Å². The summed E-state index contributed by atoms with van der Waals surface area (Å²) in [6.45, 7) is 0. The third-order valence-corrected chi connectivity index (χ3v) is 3.37. The average molecular weight is 318 g/mol. The van der Waals surface area contributed by atoms with Gasteiger partial charge in [0, 0.05) is 10.6 Å². The molecular weight excluding hydrogens is 306 g/mol. The van der Waals surface area contributed by atoms with Crippen molar-refractivity contribution in [2.24, 2.45) is 0 Å². The molecule has 0 fully saturated rings. The van der Waals surface area contributed by atoms with Crippen molar-refractivity contribution >= 4 is 11.6 Å². The van der Waals surface area contributed by atoms with Crippen molar-refractivity contribution in [1.29, 1.82) is 0 Å². The Balaban J connectivity index is 2.37. The molecule has 0 heterocycles. The minimum absolute atomic E-state index is 0.263. The summed E-state index contributed by atoms with van der Waals surface area (Å²) in [5, 5.41) is 3.15. The van der Waals surface area contributed by atoms with E-state index in [4.69, 9.17) is 11.6 Å². The van der Waals surface area contributed by atoms with Crippen LogP contribution in [0.25, 0.3) is 0 Å². The first-order chi connectivity index (χ1) is 9.82. The van der Waals surface area contributed by atoms with E-state index in [-0.39, 0.29) is 5.02 Å². The summed E-state index contributed by atoms with van der Waals surface area (Å²) in [7, 11) is 1.61. The molecule has 0 bridgehead atoms. The molecule has 0 aliphatic heterocycles. The molecule has 0 radical (unpaired) electrons. The third kappa shape index (κ3) is 3.54. The molecule has 0 spiro atoms. The van der Waals surface area contributed by atoms with E-state index in [1.54, 1.807) is 7.05 Å². The van der Waals surface area contributed by atoms with Crippen LogP contribution in [0.1, 0.15) is 22.7 Å². The number of alkyl halides is 3. The second-order valence-electron chi connectivity index (χ2n) is 4.51. The van der Waals surface area contributed by atoms with Crippen molar-refractivity contribution in [3.05, 3.63) is 70.0 Å². The van der Waals surface area contributed by atoms with Gasteiger partial charge in [0.15, 0.2) is 0 Å². The lowest BCUT2D eigenvalue weighted by atomic mass is 9.97. The van der Waals surface area contributed by atoms with E-state index >= 15 is 0 Å². The van der Waals surface area contributed by atoms with Gasteiger partial charge >= 0.3 is 6.18 Å². The van der Waals surface area contributed by atoms with Crippen molar-refractivity contribution in [2.75, 3.05) is 7.05 Å². The molecule has 0 aliphatic carbocycles. The second-order valence-corrected chi connectivity index (χ2v) is 4.94. The Morgan fingerprint density at radius 3 is 2.14 bits per heavy atom. The zero-order valence-corrected chi connectivity index (χ0v) is 11.8. The highest BCUT2D eigenvalue weighted by atomic mass is 35.5. The molecule has 112 valence electrons. The van der Waals surface area contributed by atoms with E-state index < -0.39 is 23.6 Å². The highest BCUT2D eigenvalue weighted by Crippen LogP contribution is 2.31. The Morgan fingerprint density at radius 1 is 1.05 bits per heavy atom. The monoisotopic (exact) mass is 317 g/mol. The lowest BCUT2D eigenvalue weighted by Gasteiger charge is -2.19. The molecule has 2 aromatic rings. The lowest BCUT2D eigenvalue weighted by Crippen LogP contribution is -2.19. The maximum atomic E-state index is 13.9. The number of hydrogen-bond donors (Lipinski definition) is 1. The van der Waals surface area contributed by atoms with Crippen LogP contribution in [0.5, 0.6) is 0 Å². The molecule has 0 saturated heterocycles. The molecule has 2 rings (SSSR count). The van der Waals surface area contributed by atoms with E-state index in [0.29, 0.717) is 11.1 Å². The fraction of sp³-hybridized carbons (Fsp3) is 0.200. The van der Waals surface area contributed by atoms with Crippen LogP contribution >= 0.6 is 11.6 Å². The van der Waals surface area contributed by atoms with Crippen molar-refractivity contribution in [3.8, 4) is 0 Å². The number of nitrogens with one attached hydrogen (secondary N) is 1. The summed E-state index contributed by atoms with van der Waals surface area (Å²) in [6, 6.07) is 8.29. The van der Waals surface area contributed by atoms with Gasteiger partial charge in [0.05, 0.1) is 11.6 Å². The molecule has 1 nitrogen and oxygen atoms in total. The number of hydrogen-bond acceptors (Lipinski definition) is 1. The van der Waals surface area contributed by atoms with Crippen molar-refractivity contribution < 1.29 is 17.6 Å². The van der Waals surface area contributed by atoms with E-state index in [9.17, 15) is 17.6 Å². The van der Waals surface area contributed by atoms with E-state index in [1.165, 1.54) is 30.3 Å². The summed E-state index contributed by atoms with van der Waals surface area (Å²) in [5.74, 6) is -0.512. The maximum absolute atomic E-state index is 13.9. The second kappa shape index (κ2) is 6.03. The summed E-state index contributed by atoms with van der Waals surface area (Å²) in [5.41, 5.74) is 0.117. The molecule has 21 heavy (non-hydrogen) atoms. The number of rotatable bonds is 3. The normalized spacial score (nSPS) is 13.2. The van der Waals surface area contributed by atoms with Gasteiger partial charge in [-0.2, -0.15) is 13.2 Å². The molecule has 1 N–H and O–H groups in total. The van der Waals surface area contributed by atoms with Crippen molar-refractivity contribution in [2.45, 2.75) is 12.2 Å². The molecule has 0 amide bonds. The first kappa shape index (κ1) is 15.8. The van der Waals surface area contributed by atoms with Crippen LogP contribution in [0, 0.1) is 5.82 Å². The standard InChI is InChI=1S/C15H12ClF4N/c1-21-14(12-7-6-11(16)8-13(12)17)9-2-4-10(5-3-9)15(18,19)20/h2-8,14,21H,1H3. The van der Waals surface area contributed by atoms with Crippen LogP contribution < -0.4 is 5.32 Å². The van der Waals surface area contributed by atoms with Crippen molar-refractivity contribution in [3.63, 3.8) is 0 Å². The predicted molar refractivity (Wildman–Crippen MR) is 73.8 cm³/mol. The Hall–Kier alpha value is -1.59. The van der Waals surface area contributed by atoms with Crippen LogP contribution in [0.2, 0.25) is 5.02 Å². The van der Waals surface area contributed by atoms with Gasteiger partial charge in [0.2, 0.25) is 0 Å². The van der Waals surface area contributed by atoms with E-state index in [1.807, 2.05) is 0 Å². The molecule has 0 aliphatic rings. The Bertz CT molecular complexity index is 623. The summed E-state index contributed by atoms with van der Waals surface area (Å²) < 4.78 is 51.6. The predicted octanol–water partition coefficient (Wildman–Crippen LogP) is 4.81. The Morgan fingerprint density at radius 2 is 1.67 bits per heavy atom. The Kier molecular flexibility index (Phi) is 4.54. The first-order valence-electron chi connectivity index (χ1n) is 6.12. The van der Waals surface area contributed by atoms with E-state index in [2.05, 4.69) is 5.32 Å². The molecule has 6 heteroatoms. The molecule has 1 atom stereocenters. The van der Waals surface area contributed by atoms with Gasteiger partial charge in [0.25, 0.3) is 0 Å². The van der Waals surface area contributed by atoms with Crippen molar-refractivity contribution in [1.82, 2.24) is 5.32 Å². The van der Waals surface area contributed by atoms with Crippen LogP contribution in [-0.4, -0.2) is 7.05 Å². The summed E-state index contributed by atoms with van der Waals surface area (Å²) in [4.78, 5) is 0. The SMILES string of the molecule is CNC(c1ccc(C(F)(F)F)cc1)c1ccc(Cl)cc1F. The maximum Gasteiger partial charge on any atom is 0.416 e. The zero-order chi connectivity index (χ0) is 15.6. The number of benzene rings is 2. The van der Waals surface area contributed by atoms with Gasteiger partial charge in [-0.3, -0.25) is 0 Å². The van der Waals surface area contributed by atoms with Gasteiger partial charge in [-0.15, -0.1) is 0 Å². The zero-order valence-electron chi connectivity index (χ0n) is 11.0. The van der Waals surface area contributed by atoms with Crippen LogP contribution in [0.4, 0.5) is 17.6 Å². The smallest absolute Gasteiger partial charge is 0.309 e. The minimum atomic E-state index is -4.39. The molecule has 0 saturated carbocycles. The minimum Gasteiger partial charge on any atom is -0.309 e. The lowest BCUT2D eigenvalue weighted by molar-refractivity contribution is -0.137. The molecule has 1 unspecified atom stereocenters. The van der Waals surface area contributed by atoms with Crippen LogP contribution in [-0.2, 0) is 6.18 Å². The van der Waals surface area contributed by atoms with Gasteiger partial charge in [-0.25, -0.2) is 4.39 Å².